The standard InChI is InChI=1S/C18H15N3.C4H4O4/c1-20(14-10-12-19-13-11-14)21-17-8-4-2-6-15(17)16-7-3-5-9-18(16)21;5-3(6)1-2-4(7)8/h2-13H,1H3;1-2H,(H,5,6)(H,7,8)/b;2-1-. The molecule has 2 N–H and O–H groups in total. The van der Waals surface area contributed by atoms with E-state index in [1.54, 1.807) is 0 Å². The van der Waals surface area contributed by atoms with Gasteiger partial charge in [-0.3, -0.25) is 14.7 Å². The molecule has 0 aliphatic rings. The number of fused-ring (bicyclic) bond motifs is 3. The first-order chi connectivity index (χ1) is 14.0. The largest absolute Gasteiger partial charge is 0.478 e. The third-order valence-electron chi connectivity index (χ3n) is 4.26. The average Bonchev–Trinajstić information content (AvgIpc) is 3.07. The number of rotatable bonds is 4. The molecule has 2 aromatic carbocycles. The Morgan fingerprint density at radius 1 is 0.828 bits per heavy atom. The van der Waals surface area contributed by atoms with Crippen molar-refractivity contribution >= 4 is 39.4 Å². The van der Waals surface area contributed by atoms with Crippen molar-refractivity contribution in [3.63, 3.8) is 0 Å². The third kappa shape index (κ3) is 4.41. The molecule has 0 atom stereocenters. The molecule has 0 aliphatic carbocycles. The fraction of sp³-hybridized carbons (Fsp3) is 0.0455. The van der Waals surface area contributed by atoms with Crippen LogP contribution in [0.25, 0.3) is 21.8 Å². The zero-order valence-corrected chi connectivity index (χ0v) is 15.6. The molecule has 0 fully saturated rings. The van der Waals surface area contributed by atoms with Crippen LogP contribution in [-0.2, 0) is 9.59 Å². The number of pyridine rings is 1. The van der Waals surface area contributed by atoms with Crippen LogP contribution < -0.4 is 5.01 Å². The van der Waals surface area contributed by atoms with E-state index in [0.29, 0.717) is 12.2 Å². The van der Waals surface area contributed by atoms with Gasteiger partial charge in [0.15, 0.2) is 0 Å². The summed E-state index contributed by atoms with van der Waals surface area (Å²) < 4.78 is 2.25. The first-order valence-electron chi connectivity index (χ1n) is 8.75. The lowest BCUT2D eigenvalue weighted by Crippen LogP contribution is -2.24. The molecule has 4 aromatic rings. The first-order valence-corrected chi connectivity index (χ1v) is 8.75. The van der Waals surface area contributed by atoms with Gasteiger partial charge in [-0.05, 0) is 24.3 Å². The summed E-state index contributed by atoms with van der Waals surface area (Å²) >= 11 is 0. The van der Waals surface area contributed by atoms with Crippen LogP contribution in [0.3, 0.4) is 0 Å². The van der Waals surface area contributed by atoms with E-state index in [4.69, 9.17) is 10.2 Å². The zero-order valence-electron chi connectivity index (χ0n) is 15.6. The molecule has 0 saturated carbocycles. The summed E-state index contributed by atoms with van der Waals surface area (Å²) in [6.45, 7) is 0. The van der Waals surface area contributed by atoms with Crippen LogP contribution >= 0.6 is 0 Å². The van der Waals surface area contributed by atoms with Gasteiger partial charge in [0, 0.05) is 42.4 Å². The molecule has 7 nitrogen and oxygen atoms in total. The molecule has 0 radical (unpaired) electrons. The molecule has 0 spiro atoms. The summed E-state index contributed by atoms with van der Waals surface area (Å²) in [5, 5.41) is 20.3. The minimum absolute atomic E-state index is 0.558. The highest BCUT2D eigenvalue weighted by atomic mass is 16.4. The lowest BCUT2D eigenvalue weighted by atomic mass is 10.2. The smallest absolute Gasteiger partial charge is 0.328 e. The Morgan fingerprint density at radius 3 is 1.72 bits per heavy atom. The summed E-state index contributed by atoms with van der Waals surface area (Å²) in [7, 11) is 2.08. The zero-order chi connectivity index (χ0) is 20.8. The highest BCUT2D eigenvalue weighted by Gasteiger charge is 2.13. The molecule has 2 aromatic heterocycles. The van der Waals surface area contributed by atoms with Crippen molar-refractivity contribution in [2.24, 2.45) is 0 Å². The number of hydrogen-bond donors (Lipinski definition) is 2. The van der Waals surface area contributed by atoms with Crippen molar-refractivity contribution < 1.29 is 19.8 Å². The van der Waals surface area contributed by atoms with Gasteiger partial charge in [0.25, 0.3) is 0 Å². The van der Waals surface area contributed by atoms with Crippen LogP contribution in [0.2, 0.25) is 0 Å². The van der Waals surface area contributed by atoms with Crippen LogP contribution in [0.5, 0.6) is 0 Å². The Hall–Kier alpha value is -4.13. The number of nitrogens with zero attached hydrogens (tertiary/aromatic N) is 3. The normalized spacial score (nSPS) is 10.7. The van der Waals surface area contributed by atoms with Gasteiger partial charge in [-0.15, -0.1) is 0 Å². The molecule has 0 unspecified atom stereocenters. The Kier molecular flexibility index (Phi) is 5.89. The average molecular weight is 389 g/mol. The van der Waals surface area contributed by atoms with Crippen LogP contribution in [0.1, 0.15) is 0 Å². The van der Waals surface area contributed by atoms with E-state index in [2.05, 4.69) is 70.2 Å². The predicted molar refractivity (Wildman–Crippen MR) is 112 cm³/mol. The molecule has 0 amide bonds. The van der Waals surface area contributed by atoms with Crippen molar-refractivity contribution in [2.75, 3.05) is 12.1 Å². The van der Waals surface area contributed by atoms with Gasteiger partial charge in [0.1, 0.15) is 0 Å². The van der Waals surface area contributed by atoms with Gasteiger partial charge in [0.05, 0.1) is 16.7 Å². The van der Waals surface area contributed by atoms with Crippen molar-refractivity contribution in [1.82, 2.24) is 9.66 Å². The number of benzene rings is 2. The van der Waals surface area contributed by atoms with E-state index >= 15 is 0 Å². The quantitative estimate of drug-likeness (QED) is 0.516. The second kappa shape index (κ2) is 8.71. The molecule has 2 heterocycles. The van der Waals surface area contributed by atoms with Gasteiger partial charge >= 0.3 is 11.9 Å². The minimum atomic E-state index is -1.26. The Morgan fingerprint density at radius 2 is 1.28 bits per heavy atom. The lowest BCUT2D eigenvalue weighted by Gasteiger charge is -2.23. The third-order valence-corrected chi connectivity index (χ3v) is 4.26. The highest BCUT2D eigenvalue weighted by Crippen LogP contribution is 2.30. The van der Waals surface area contributed by atoms with Gasteiger partial charge < -0.3 is 10.2 Å². The first kappa shape index (κ1) is 19.6. The van der Waals surface area contributed by atoms with Crippen LogP contribution in [0, 0.1) is 0 Å². The number of para-hydroxylation sites is 2. The number of hydrogen-bond acceptors (Lipinski definition) is 4. The molecular formula is C22H19N3O4. The monoisotopic (exact) mass is 389 g/mol. The Labute approximate surface area is 166 Å². The van der Waals surface area contributed by atoms with Gasteiger partial charge in [-0.25, -0.2) is 9.59 Å². The van der Waals surface area contributed by atoms with Crippen molar-refractivity contribution in [3.8, 4) is 0 Å². The molecular weight excluding hydrogens is 370 g/mol. The fourth-order valence-corrected chi connectivity index (χ4v) is 3.04. The van der Waals surface area contributed by atoms with Gasteiger partial charge in [0.2, 0.25) is 0 Å². The maximum atomic E-state index is 9.55. The second-order valence-corrected chi connectivity index (χ2v) is 6.08. The number of carboxylic acid groups (broad SMARTS) is 2. The van der Waals surface area contributed by atoms with Crippen LogP contribution in [-0.4, -0.2) is 38.9 Å². The van der Waals surface area contributed by atoms with E-state index in [9.17, 15) is 9.59 Å². The second-order valence-electron chi connectivity index (χ2n) is 6.08. The fourth-order valence-electron chi connectivity index (χ4n) is 3.04. The number of anilines is 1. The Bertz CT molecular complexity index is 1110. The molecule has 29 heavy (non-hydrogen) atoms. The summed E-state index contributed by atoms with van der Waals surface area (Å²) in [6, 6.07) is 21.0. The van der Waals surface area contributed by atoms with Crippen molar-refractivity contribution in [1.29, 1.82) is 0 Å². The summed E-state index contributed by atoms with van der Waals surface area (Å²) in [5.41, 5.74) is 3.52. The maximum absolute atomic E-state index is 9.55. The van der Waals surface area contributed by atoms with E-state index in [0.717, 1.165) is 5.69 Å². The Balaban J connectivity index is 0.000000258. The molecule has 146 valence electrons. The van der Waals surface area contributed by atoms with E-state index < -0.39 is 11.9 Å². The SMILES string of the molecule is CN(c1ccncc1)n1c2ccccc2c2ccccc21.O=C(O)/C=C\C(=O)O. The van der Waals surface area contributed by atoms with Gasteiger partial charge in [-0.2, -0.15) is 0 Å². The molecule has 0 saturated heterocycles. The summed E-state index contributed by atoms with van der Waals surface area (Å²) in [4.78, 5) is 23.2. The number of aromatic nitrogens is 2. The molecule has 0 aliphatic heterocycles. The number of aliphatic carboxylic acids is 2. The van der Waals surface area contributed by atoms with Crippen molar-refractivity contribution in [3.05, 3.63) is 85.2 Å². The molecule has 7 heteroatoms. The molecule has 0 bridgehead atoms. The lowest BCUT2D eigenvalue weighted by molar-refractivity contribution is -0.134. The summed E-state index contributed by atoms with van der Waals surface area (Å²) in [5.74, 6) is -2.51. The number of carboxylic acids is 2. The molecule has 4 rings (SSSR count). The van der Waals surface area contributed by atoms with E-state index in [1.165, 1.54) is 21.8 Å². The maximum Gasteiger partial charge on any atom is 0.328 e. The van der Waals surface area contributed by atoms with E-state index in [-0.39, 0.29) is 0 Å². The highest BCUT2D eigenvalue weighted by molar-refractivity contribution is 6.08. The van der Waals surface area contributed by atoms with Crippen LogP contribution in [0.15, 0.2) is 85.2 Å². The van der Waals surface area contributed by atoms with Crippen molar-refractivity contribution in [2.45, 2.75) is 0 Å². The minimum Gasteiger partial charge on any atom is -0.478 e. The predicted octanol–water partition coefficient (Wildman–Crippen LogP) is 3.80. The number of carbonyl (C=O) groups is 2. The van der Waals surface area contributed by atoms with Crippen LogP contribution in [0.4, 0.5) is 5.69 Å². The van der Waals surface area contributed by atoms with E-state index in [1.807, 2.05) is 24.5 Å². The topological polar surface area (TPSA) is 95.7 Å². The van der Waals surface area contributed by atoms with Gasteiger partial charge in [-0.1, -0.05) is 36.4 Å². The summed E-state index contributed by atoms with van der Waals surface area (Å²) in [6.07, 6.45) is 4.75.